The van der Waals surface area contributed by atoms with Crippen molar-refractivity contribution in [3.63, 3.8) is 0 Å². The molecule has 0 spiro atoms. The Balaban J connectivity index is 1.67. The van der Waals surface area contributed by atoms with Gasteiger partial charge in [-0.25, -0.2) is 17.2 Å². The Hall–Kier alpha value is -2.78. The molecule has 1 amide bonds. The molecule has 1 aliphatic rings. The zero-order chi connectivity index (χ0) is 21.0. The van der Waals surface area contributed by atoms with E-state index >= 15 is 0 Å². The summed E-state index contributed by atoms with van der Waals surface area (Å²) in [7, 11) is -4.33. The number of halogens is 2. The number of rotatable bonds is 6. The van der Waals surface area contributed by atoms with Crippen LogP contribution in [-0.2, 0) is 10.0 Å². The highest BCUT2D eigenvalue weighted by Crippen LogP contribution is 2.24. The van der Waals surface area contributed by atoms with Gasteiger partial charge in [-0.3, -0.25) is 4.79 Å². The van der Waals surface area contributed by atoms with E-state index in [0.717, 1.165) is 22.5 Å². The van der Waals surface area contributed by atoms with Crippen molar-refractivity contribution >= 4 is 15.9 Å². The molecule has 1 aliphatic heterocycles. The second kappa shape index (κ2) is 8.71. The fourth-order valence-electron chi connectivity index (χ4n) is 3.02. The van der Waals surface area contributed by atoms with E-state index in [0.29, 0.717) is 17.9 Å². The lowest BCUT2D eigenvalue weighted by Crippen LogP contribution is -2.50. The van der Waals surface area contributed by atoms with E-state index in [4.69, 9.17) is 4.74 Å². The number of amides is 1. The van der Waals surface area contributed by atoms with Crippen molar-refractivity contribution in [2.24, 2.45) is 0 Å². The van der Waals surface area contributed by atoms with Gasteiger partial charge in [0.25, 0.3) is 5.91 Å². The first-order chi connectivity index (χ1) is 13.8. The Morgan fingerprint density at radius 3 is 2.17 bits per heavy atom. The third-order valence-electron chi connectivity index (χ3n) is 4.51. The Morgan fingerprint density at radius 1 is 1.03 bits per heavy atom. The first kappa shape index (κ1) is 20.9. The summed E-state index contributed by atoms with van der Waals surface area (Å²) in [5.41, 5.74) is 0.437. The number of ether oxygens (including phenoxy) is 1. The Labute approximate surface area is 168 Å². The van der Waals surface area contributed by atoms with Crippen LogP contribution >= 0.6 is 0 Å². The average molecular weight is 422 g/mol. The quantitative estimate of drug-likeness (QED) is 0.672. The van der Waals surface area contributed by atoms with E-state index in [2.05, 4.69) is 6.58 Å². The van der Waals surface area contributed by atoms with Gasteiger partial charge in [-0.1, -0.05) is 18.7 Å². The second-order valence-corrected chi connectivity index (χ2v) is 8.25. The summed E-state index contributed by atoms with van der Waals surface area (Å²) < 4.78 is 59.4. The SMILES string of the molecule is C=CCOc1ccc(C(=O)N2CCN(S(=O)(=O)c3c(F)cccc3F)CC2)cc1. The van der Waals surface area contributed by atoms with Crippen LogP contribution in [0.2, 0.25) is 0 Å². The molecule has 1 fully saturated rings. The number of sulfonamides is 1. The van der Waals surface area contributed by atoms with Crippen molar-refractivity contribution in [2.45, 2.75) is 4.90 Å². The number of hydrogen-bond acceptors (Lipinski definition) is 4. The van der Waals surface area contributed by atoms with Gasteiger partial charge in [-0.05, 0) is 36.4 Å². The van der Waals surface area contributed by atoms with Crippen molar-refractivity contribution in [2.75, 3.05) is 32.8 Å². The standard InChI is InChI=1S/C20H20F2N2O4S/c1-2-14-28-16-8-6-15(7-9-16)20(25)23-10-12-24(13-11-23)29(26,27)19-17(21)4-3-5-18(19)22/h2-9H,1,10-14H2. The van der Waals surface area contributed by atoms with Crippen LogP contribution in [-0.4, -0.2) is 56.3 Å². The van der Waals surface area contributed by atoms with Crippen LogP contribution in [0.5, 0.6) is 5.75 Å². The molecule has 0 aromatic heterocycles. The molecule has 9 heteroatoms. The lowest BCUT2D eigenvalue weighted by atomic mass is 10.2. The zero-order valence-corrected chi connectivity index (χ0v) is 16.4. The molecule has 2 aromatic carbocycles. The smallest absolute Gasteiger partial charge is 0.253 e. The van der Waals surface area contributed by atoms with Crippen LogP contribution in [0.15, 0.2) is 60.0 Å². The minimum Gasteiger partial charge on any atom is -0.490 e. The van der Waals surface area contributed by atoms with Crippen LogP contribution in [0.4, 0.5) is 8.78 Å². The first-order valence-electron chi connectivity index (χ1n) is 8.92. The van der Waals surface area contributed by atoms with E-state index < -0.39 is 26.6 Å². The highest BCUT2D eigenvalue weighted by Gasteiger charge is 2.34. The number of piperazine rings is 1. The van der Waals surface area contributed by atoms with Crippen LogP contribution in [0, 0.1) is 11.6 Å². The molecule has 1 heterocycles. The molecule has 154 valence electrons. The van der Waals surface area contributed by atoms with Gasteiger partial charge in [0.15, 0.2) is 4.90 Å². The number of carbonyl (C=O) groups excluding carboxylic acids is 1. The van der Waals surface area contributed by atoms with Crippen LogP contribution in [0.3, 0.4) is 0 Å². The molecule has 0 N–H and O–H groups in total. The van der Waals surface area contributed by atoms with Crippen molar-refractivity contribution in [3.05, 3.63) is 72.3 Å². The van der Waals surface area contributed by atoms with Crippen molar-refractivity contribution in [1.82, 2.24) is 9.21 Å². The summed E-state index contributed by atoms with van der Waals surface area (Å²) >= 11 is 0. The van der Waals surface area contributed by atoms with Crippen molar-refractivity contribution < 1.29 is 26.7 Å². The summed E-state index contributed by atoms with van der Waals surface area (Å²) in [5, 5.41) is 0. The van der Waals surface area contributed by atoms with Gasteiger partial charge in [-0.2, -0.15) is 4.31 Å². The Morgan fingerprint density at radius 2 is 1.62 bits per heavy atom. The maximum atomic E-state index is 13.9. The normalized spacial score (nSPS) is 15.2. The monoisotopic (exact) mass is 422 g/mol. The van der Waals surface area contributed by atoms with Crippen molar-refractivity contribution in [1.29, 1.82) is 0 Å². The summed E-state index contributed by atoms with van der Waals surface area (Å²) in [6.07, 6.45) is 1.61. The van der Waals surface area contributed by atoms with Crippen LogP contribution in [0.1, 0.15) is 10.4 Å². The number of nitrogens with zero attached hydrogens (tertiary/aromatic N) is 2. The minimum absolute atomic E-state index is 0.0532. The van der Waals surface area contributed by atoms with Gasteiger partial charge < -0.3 is 9.64 Å². The highest BCUT2D eigenvalue weighted by atomic mass is 32.2. The lowest BCUT2D eigenvalue weighted by Gasteiger charge is -2.34. The van der Waals surface area contributed by atoms with E-state index in [1.54, 1.807) is 30.3 Å². The molecule has 0 atom stereocenters. The van der Waals surface area contributed by atoms with Gasteiger partial charge in [0.2, 0.25) is 10.0 Å². The molecule has 6 nitrogen and oxygen atoms in total. The molecule has 0 saturated carbocycles. The van der Waals surface area contributed by atoms with Gasteiger partial charge >= 0.3 is 0 Å². The largest absolute Gasteiger partial charge is 0.490 e. The molecule has 0 unspecified atom stereocenters. The van der Waals surface area contributed by atoms with E-state index in [1.165, 1.54) is 4.90 Å². The van der Waals surface area contributed by atoms with E-state index in [-0.39, 0.29) is 32.1 Å². The maximum absolute atomic E-state index is 13.9. The molecular formula is C20H20F2N2O4S. The summed E-state index contributed by atoms with van der Waals surface area (Å²) in [5.74, 6) is -1.93. The maximum Gasteiger partial charge on any atom is 0.253 e. The number of hydrogen-bond donors (Lipinski definition) is 0. The minimum atomic E-state index is -4.33. The molecular weight excluding hydrogens is 402 g/mol. The topological polar surface area (TPSA) is 66.9 Å². The van der Waals surface area contributed by atoms with Crippen molar-refractivity contribution in [3.8, 4) is 5.75 Å². The third-order valence-corrected chi connectivity index (χ3v) is 6.46. The molecule has 0 radical (unpaired) electrons. The second-order valence-electron chi connectivity index (χ2n) is 6.37. The van der Waals surface area contributed by atoms with Crippen LogP contribution < -0.4 is 4.74 Å². The molecule has 0 aliphatic carbocycles. The van der Waals surface area contributed by atoms with E-state index in [1.807, 2.05) is 0 Å². The average Bonchev–Trinajstić information content (AvgIpc) is 2.72. The van der Waals surface area contributed by atoms with Gasteiger partial charge in [0.05, 0.1) is 0 Å². The predicted octanol–water partition coefficient (Wildman–Crippen LogP) is 2.68. The fourth-order valence-corrected chi connectivity index (χ4v) is 4.55. The van der Waals surface area contributed by atoms with E-state index in [9.17, 15) is 22.0 Å². The zero-order valence-electron chi connectivity index (χ0n) is 15.6. The highest BCUT2D eigenvalue weighted by molar-refractivity contribution is 7.89. The van der Waals surface area contributed by atoms with Crippen LogP contribution in [0.25, 0.3) is 0 Å². The Bertz CT molecular complexity index is 981. The summed E-state index contributed by atoms with van der Waals surface area (Å²) in [6.45, 7) is 4.04. The Kier molecular flexibility index (Phi) is 6.29. The molecule has 29 heavy (non-hydrogen) atoms. The molecule has 2 aromatic rings. The lowest BCUT2D eigenvalue weighted by molar-refractivity contribution is 0.0697. The summed E-state index contributed by atoms with van der Waals surface area (Å²) in [6, 6.07) is 9.48. The number of benzene rings is 2. The molecule has 3 rings (SSSR count). The van der Waals surface area contributed by atoms with Gasteiger partial charge in [0, 0.05) is 31.7 Å². The fraction of sp³-hybridized carbons (Fsp3) is 0.250. The number of carbonyl (C=O) groups is 1. The first-order valence-corrected chi connectivity index (χ1v) is 10.4. The van der Waals surface area contributed by atoms with Gasteiger partial charge in [-0.15, -0.1) is 0 Å². The molecule has 1 saturated heterocycles. The van der Waals surface area contributed by atoms with Gasteiger partial charge in [0.1, 0.15) is 24.0 Å². The predicted molar refractivity (Wildman–Crippen MR) is 103 cm³/mol. The third kappa shape index (κ3) is 4.46. The summed E-state index contributed by atoms with van der Waals surface area (Å²) in [4.78, 5) is 13.2. The molecule has 0 bridgehead atoms.